The largest absolute Gasteiger partial charge is 0.341 e. The number of hydrogen-bond donors (Lipinski definition) is 2. The maximum Gasteiger partial charge on any atom is 0.159 e. The lowest BCUT2D eigenvalue weighted by atomic mass is 10.1. The van der Waals surface area contributed by atoms with Crippen LogP contribution in [0.25, 0.3) is 11.3 Å². The highest BCUT2D eigenvalue weighted by Crippen LogP contribution is 2.19. The zero-order valence-corrected chi connectivity index (χ0v) is 8.56. The van der Waals surface area contributed by atoms with Gasteiger partial charge in [-0.25, -0.2) is 13.8 Å². The van der Waals surface area contributed by atoms with Crippen molar-refractivity contribution in [2.45, 2.75) is 5.75 Å². The first-order valence-electron chi connectivity index (χ1n) is 4.31. The zero-order valence-electron chi connectivity index (χ0n) is 7.67. The minimum absolute atomic E-state index is 0.476. The number of benzene rings is 1. The third-order valence-electron chi connectivity index (χ3n) is 2.01. The van der Waals surface area contributed by atoms with E-state index < -0.39 is 11.6 Å². The molecule has 0 aliphatic rings. The molecule has 78 valence electrons. The van der Waals surface area contributed by atoms with Crippen molar-refractivity contribution < 1.29 is 8.78 Å². The monoisotopic (exact) mass is 226 g/mol. The van der Waals surface area contributed by atoms with E-state index in [0.717, 1.165) is 12.1 Å². The summed E-state index contributed by atoms with van der Waals surface area (Å²) in [4.78, 5) is 6.96. The molecule has 0 fully saturated rings. The van der Waals surface area contributed by atoms with Gasteiger partial charge in [0.15, 0.2) is 11.6 Å². The summed E-state index contributed by atoms with van der Waals surface area (Å²) in [6.07, 6.45) is 1.57. The molecule has 0 spiro atoms. The van der Waals surface area contributed by atoms with Crippen LogP contribution in [-0.4, -0.2) is 9.97 Å². The van der Waals surface area contributed by atoms with Crippen molar-refractivity contribution in [2.24, 2.45) is 0 Å². The van der Waals surface area contributed by atoms with Crippen LogP contribution in [-0.2, 0) is 5.75 Å². The predicted octanol–water partition coefficient (Wildman–Crippen LogP) is 2.78. The van der Waals surface area contributed by atoms with Crippen molar-refractivity contribution in [3.05, 3.63) is 41.9 Å². The summed E-state index contributed by atoms with van der Waals surface area (Å²) >= 11 is 4.04. The smallest absolute Gasteiger partial charge is 0.159 e. The van der Waals surface area contributed by atoms with Gasteiger partial charge in [-0.15, -0.1) is 0 Å². The van der Waals surface area contributed by atoms with Crippen LogP contribution in [0.3, 0.4) is 0 Å². The van der Waals surface area contributed by atoms with Gasteiger partial charge in [-0.1, -0.05) is 0 Å². The topological polar surface area (TPSA) is 28.7 Å². The van der Waals surface area contributed by atoms with Gasteiger partial charge in [0.1, 0.15) is 5.82 Å². The Labute approximate surface area is 90.8 Å². The second-order valence-corrected chi connectivity index (χ2v) is 3.35. The van der Waals surface area contributed by atoms with Crippen LogP contribution in [0.1, 0.15) is 5.82 Å². The van der Waals surface area contributed by atoms with Gasteiger partial charge in [-0.05, 0) is 18.2 Å². The van der Waals surface area contributed by atoms with Crippen LogP contribution in [0.5, 0.6) is 0 Å². The number of thiol groups is 1. The summed E-state index contributed by atoms with van der Waals surface area (Å²) in [7, 11) is 0. The van der Waals surface area contributed by atoms with Crippen LogP contribution < -0.4 is 0 Å². The average molecular weight is 226 g/mol. The van der Waals surface area contributed by atoms with E-state index in [1.807, 2.05) is 0 Å². The molecule has 0 amide bonds. The van der Waals surface area contributed by atoms with Gasteiger partial charge < -0.3 is 4.98 Å². The molecule has 2 nitrogen and oxygen atoms in total. The van der Waals surface area contributed by atoms with Gasteiger partial charge in [0.25, 0.3) is 0 Å². The van der Waals surface area contributed by atoms with E-state index in [1.165, 1.54) is 6.07 Å². The summed E-state index contributed by atoms with van der Waals surface area (Å²) < 4.78 is 25.6. The number of hydrogen-bond acceptors (Lipinski definition) is 2. The Hall–Kier alpha value is -1.36. The Morgan fingerprint density at radius 1 is 1.27 bits per heavy atom. The molecule has 1 aromatic heterocycles. The average Bonchev–Trinajstić information content (AvgIpc) is 2.70. The molecule has 0 radical (unpaired) electrons. The van der Waals surface area contributed by atoms with E-state index in [2.05, 4.69) is 22.6 Å². The summed E-state index contributed by atoms with van der Waals surface area (Å²) in [6, 6.07) is 3.71. The predicted molar refractivity (Wildman–Crippen MR) is 56.6 cm³/mol. The molecule has 1 aromatic carbocycles. The molecule has 0 aliphatic heterocycles. The van der Waals surface area contributed by atoms with E-state index in [-0.39, 0.29) is 0 Å². The highest BCUT2D eigenvalue weighted by Gasteiger charge is 2.06. The van der Waals surface area contributed by atoms with Gasteiger partial charge in [0.05, 0.1) is 11.9 Å². The van der Waals surface area contributed by atoms with Gasteiger partial charge in [-0.2, -0.15) is 12.6 Å². The van der Waals surface area contributed by atoms with Crippen LogP contribution in [0.15, 0.2) is 24.4 Å². The normalized spacial score (nSPS) is 10.6. The van der Waals surface area contributed by atoms with Crippen LogP contribution in [0, 0.1) is 11.6 Å². The molecule has 0 saturated carbocycles. The highest BCUT2D eigenvalue weighted by atomic mass is 32.1. The molecule has 2 rings (SSSR count). The van der Waals surface area contributed by atoms with E-state index in [4.69, 9.17) is 0 Å². The number of nitrogens with one attached hydrogen (secondary N) is 1. The fourth-order valence-electron chi connectivity index (χ4n) is 1.25. The van der Waals surface area contributed by atoms with Crippen molar-refractivity contribution in [3.8, 4) is 11.3 Å². The molecule has 2 aromatic rings. The van der Waals surface area contributed by atoms with E-state index in [1.54, 1.807) is 6.20 Å². The van der Waals surface area contributed by atoms with Gasteiger partial charge in [0.2, 0.25) is 0 Å². The van der Waals surface area contributed by atoms with Gasteiger partial charge >= 0.3 is 0 Å². The highest BCUT2D eigenvalue weighted by molar-refractivity contribution is 7.79. The van der Waals surface area contributed by atoms with Crippen molar-refractivity contribution in [1.82, 2.24) is 9.97 Å². The minimum Gasteiger partial charge on any atom is -0.341 e. The molecule has 5 heteroatoms. The molecule has 0 aliphatic carbocycles. The maximum absolute atomic E-state index is 12.9. The van der Waals surface area contributed by atoms with Crippen LogP contribution in [0.4, 0.5) is 8.78 Å². The van der Waals surface area contributed by atoms with E-state index in [0.29, 0.717) is 22.8 Å². The Kier molecular flexibility index (Phi) is 2.73. The SMILES string of the molecule is Fc1ccc(-c2cnc(CS)[nH]2)cc1F. The molecule has 1 N–H and O–H groups in total. The van der Waals surface area contributed by atoms with E-state index in [9.17, 15) is 8.78 Å². The molecule has 1 heterocycles. The molecule has 15 heavy (non-hydrogen) atoms. The lowest BCUT2D eigenvalue weighted by molar-refractivity contribution is 0.509. The van der Waals surface area contributed by atoms with Gasteiger partial charge in [0, 0.05) is 11.3 Å². The summed E-state index contributed by atoms with van der Waals surface area (Å²) in [5.74, 6) is -0.552. The third kappa shape index (κ3) is 2.02. The molecule has 0 bridgehead atoms. The first-order chi connectivity index (χ1) is 7.20. The second kappa shape index (κ2) is 4.02. The number of H-pyrrole nitrogens is 1. The molecule has 0 saturated heterocycles. The Bertz CT molecular complexity index is 482. The first-order valence-corrected chi connectivity index (χ1v) is 4.94. The Balaban J connectivity index is 2.40. The van der Waals surface area contributed by atoms with Crippen LogP contribution in [0.2, 0.25) is 0 Å². The number of aromatic nitrogens is 2. The second-order valence-electron chi connectivity index (χ2n) is 3.03. The fraction of sp³-hybridized carbons (Fsp3) is 0.100. The van der Waals surface area contributed by atoms with Crippen molar-refractivity contribution in [2.75, 3.05) is 0 Å². The van der Waals surface area contributed by atoms with E-state index >= 15 is 0 Å². The molecular formula is C10H8F2N2S. The zero-order chi connectivity index (χ0) is 10.8. The Morgan fingerprint density at radius 2 is 2.07 bits per heavy atom. The van der Waals surface area contributed by atoms with Crippen molar-refractivity contribution in [1.29, 1.82) is 0 Å². The fourth-order valence-corrected chi connectivity index (χ4v) is 1.41. The summed E-state index contributed by atoms with van der Waals surface area (Å²) in [6.45, 7) is 0. The third-order valence-corrected chi connectivity index (χ3v) is 2.31. The number of rotatable bonds is 2. The maximum atomic E-state index is 12.9. The van der Waals surface area contributed by atoms with Gasteiger partial charge in [-0.3, -0.25) is 0 Å². The van der Waals surface area contributed by atoms with Crippen LogP contribution >= 0.6 is 12.6 Å². The molecule has 0 atom stereocenters. The quantitative estimate of drug-likeness (QED) is 0.757. The Morgan fingerprint density at radius 3 is 2.67 bits per heavy atom. The minimum atomic E-state index is -0.866. The van der Waals surface area contributed by atoms with Crippen molar-refractivity contribution in [3.63, 3.8) is 0 Å². The molecular weight excluding hydrogens is 218 g/mol. The summed E-state index contributed by atoms with van der Waals surface area (Å²) in [5, 5.41) is 0. The number of halogens is 2. The lowest BCUT2D eigenvalue weighted by Crippen LogP contribution is -1.86. The lowest BCUT2D eigenvalue weighted by Gasteiger charge is -1.98. The number of nitrogens with zero attached hydrogens (tertiary/aromatic N) is 1. The number of imidazole rings is 1. The summed E-state index contributed by atoms with van der Waals surface area (Å²) in [5.41, 5.74) is 1.22. The first kappa shape index (κ1) is 10.2. The standard InChI is InChI=1S/C10H8F2N2S/c11-7-2-1-6(3-8(7)12)9-4-13-10(5-15)14-9/h1-4,15H,5H2,(H,13,14). The van der Waals surface area contributed by atoms with Crippen molar-refractivity contribution >= 4 is 12.6 Å². The number of aromatic amines is 1. The molecule has 0 unspecified atom stereocenters.